The standard InChI is InChI=1S/C21H29ClN6/c1-27-9-11-28(12-10-27)15-16-7-8-19(23-13-16)18-14-24-21(22)26-20(18)25-17-5-3-2-4-6-17/h7-8,13-14,17H,2-6,9-12,15H2,1H3,(H,24,25,26). The Labute approximate surface area is 172 Å². The van der Waals surface area contributed by atoms with Gasteiger partial charge >= 0.3 is 0 Å². The summed E-state index contributed by atoms with van der Waals surface area (Å²) in [5.41, 5.74) is 3.04. The van der Waals surface area contributed by atoms with Crippen LogP contribution in [0.25, 0.3) is 11.3 Å². The number of pyridine rings is 1. The van der Waals surface area contributed by atoms with Gasteiger partial charge in [0.1, 0.15) is 5.82 Å². The lowest BCUT2D eigenvalue weighted by Gasteiger charge is -2.32. The van der Waals surface area contributed by atoms with E-state index in [-0.39, 0.29) is 5.28 Å². The number of piperazine rings is 1. The molecule has 0 unspecified atom stereocenters. The smallest absolute Gasteiger partial charge is 0.224 e. The average Bonchev–Trinajstić information content (AvgIpc) is 2.71. The summed E-state index contributed by atoms with van der Waals surface area (Å²) < 4.78 is 0. The number of hydrogen-bond donors (Lipinski definition) is 1. The maximum absolute atomic E-state index is 6.07. The SMILES string of the molecule is CN1CCN(Cc2ccc(-c3cnc(Cl)nc3NC3CCCCC3)nc2)CC1. The highest BCUT2D eigenvalue weighted by Gasteiger charge is 2.18. The van der Waals surface area contributed by atoms with Gasteiger partial charge in [0.05, 0.1) is 11.3 Å². The highest BCUT2D eigenvalue weighted by molar-refractivity contribution is 6.28. The minimum atomic E-state index is 0.272. The number of nitrogens with zero attached hydrogens (tertiary/aromatic N) is 5. The molecule has 0 spiro atoms. The highest BCUT2D eigenvalue weighted by Crippen LogP contribution is 2.28. The molecule has 1 saturated heterocycles. The summed E-state index contributed by atoms with van der Waals surface area (Å²) in [6.45, 7) is 5.43. The van der Waals surface area contributed by atoms with Gasteiger partial charge in [-0.25, -0.2) is 9.97 Å². The van der Waals surface area contributed by atoms with Gasteiger partial charge in [-0.1, -0.05) is 25.3 Å². The lowest BCUT2D eigenvalue weighted by atomic mass is 9.95. The van der Waals surface area contributed by atoms with Crippen LogP contribution in [-0.4, -0.2) is 64.0 Å². The van der Waals surface area contributed by atoms with Crippen LogP contribution in [0.5, 0.6) is 0 Å². The second-order valence-corrected chi connectivity index (χ2v) is 8.35. The van der Waals surface area contributed by atoms with Gasteiger partial charge in [-0.15, -0.1) is 0 Å². The van der Waals surface area contributed by atoms with Crippen molar-refractivity contribution in [1.82, 2.24) is 24.8 Å². The molecule has 0 aromatic carbocycles. The molecule has 1 aliphatic heterocycles. The Balaban J connectivity index is 1.47. The quantitative estimate of drug-likeness (QED) is 0.772. The summed E-state index contributed by atoms with van der Waals surface area (Å²) in [4.78, 5) is 18.2. The van der Waals surface area contributed by atoms with E-state index >= 15 is 0 Å². The molecule has 6 nitrogen and oxygen atoms in total. The molecule has 2 aliphatic rings. The van der Waals surface area contributed by atoms with Crippen LogP contribution in [0.3, 0.4) is 0 Å². The third-order valence-corrected chi connectivity index (χ3v) is 5.99. The Hall–Kier alpha value is -1.76. The normalized spacial score (nSPS) is 19.6. The van der Waals surface area contributed by atoms with Gasteiger partial charge < -0.3 is 10.2 Å². The number of halogens is 1. The second-order valence-electron chi connectivity index (χ2n) is 8.01. The molecule has 2 aromatic heterocycles. The van der Waals surface area contributed by atoms with Crippen LogP contribution < -0.4 is 5.32 Å². The van der Waals surface area contributed by atoms with E-state index in [1.807, 2.05) is 6.20 Å². The van der Waals surface area contributed by atoms with Gasteiger partial charge in [0.25, 0.3) is 0 Å². The largest absolute Gasteiger partial charge is 0.367 e. The number of hydrogen-bond acceptors (Lipinski definition) is 6. The zero-order valence-corrected chi connectivity index (χ0v) is 17.3. The van der Waals surface area contributed by atoms with Crippen molar-refractivity contribution in [2.45, 2.75) is 44.7 Å². The summed E-state index contributed by atoms with van der Waals surface area (Å²) >= 11 is 6.07. The number of nitrogens with one attached hydrogen (secondary N) is 1. The average molecular weight is 401 g/mol. The third-order valence-electron chi connectivity index (χ3n) is 5.81. The zero-order chi connectivity index (χ0) is 19.3. The minimum absolute atomic E-state index is 0.272. The molecule has 4 rings (SSSR count). The Morgan fingerprint density at radius 3 is 2.54 bits per heavy atom. The first-order valence-electron chi connectivity index (χ1n) is 10.3. The number of anilines is 1. The van der Waals surface area contributed by atoms with E-state index in [0.717, 1.165) is 49.8 Å². The van der Waals surface area contributed by atoms with Crippen molar-refractivity contribution in [3.8, 4) is 11.3 Å². The Morgan fingerprint density at radius 1 is 1.04 bits per heavy atom. The first kappa shape index (κ1) is 19.6. The van der Waals surface area contributed by atoms with Crippen LogP contribution in [0.15, 0.2) is 24.5 Å². The summed E-state index contributed by atoms with van der Waals surface area (Å²) in [6, 6.07) is 4.69. The molecule has 150 valence electrons. The predicted octanol–water partition coefficient (Wildman–Crippen LogP) is 3.68. The van der Waals surface area contributed by atoms with E-state index in [9.17, 15) is 0 Å². The molecular formula is C21H29ClN6. The van der Waals surface area contributed by atoms with E-state index in [2.05, 4.69) is 44.3 Å². The third kappa shape index (κ3) is 4.99. The maximum Gasteiger partial charge on any atom is 0.224 e. The van der Waals surface area contributed by atoms with Gasteiger partial charge in [-0.2, -0.15) is 0 Å². The fraction of sp³-hybridized carbons (Fsp3) is 0.571. The van der Waals surface area contributed by atoms with E-state index in [1.54, 1.807) is 6.20 Å². The van der Waals surface area contributed by atoms with Crippen LogP contribution in [0.2, 0.25) is 5.28 Å². The van der Waals surface area contributed by atoms with Crippen LogP contribution in [0, 0.1) is 0 Å². The van der Waals surface area contributed by atoms with Crippen molar-refractivity contribution < 1.29 is 0 Å². The molecule has 1 saturated carbocycles. The van der Waals surface area contributed by atoms with Crippen LogP contribution in [0.4, 0.5) is 5.82 Å². The molecule has 7 heteroatoms. The number of aromatic nitrogens is 3. The van der Waals surface area contributed by atoms with Crippen molar-refractivity contribution in [2.24, 2.45) is 0 Å². The molecule has 0 radical (unpaired) electrons. The summed E-state index contributed by atoms with van der Waals surface area (Å²) in [7, 11) is 2.18. The minimum Gasteiger partial charge on any atom is -0.367 e. The fourth-order valence-electron chi connectivity index (χ4n) is 4.04. The Morgan fingerprint density at radius 2 is 1.82 bits per heavy atom. The van der Waals surface area contributed by atoms with Crippen molar-refractivity contribution in [3.05, 3.63) is 35.4 Å². The van der Waals surface area contributed by atoms with Crippen molar-refractivity contribution >= 4 is 17.4 Å². The van der Waals surface area contributed by atoms with E-state index in [4.69, 9.17) is 16.6 Å². The molecule has 3 heterocycles. The molecule has 1 N–H and O–H groups in total. The first-order valence-corrected chi connectivity index (χ1v) is 10.7. The van der Waals surface area contributed by atoms with Gasteiger partial charge in [0.2, 0.25) is 5.28 Å². The number of rotatable bonds is 5. The van der Waals surface area contributed by atoms with Gasteiger partial charge in [0.15, 0.2) is 0 Å². The molecule has 0 bridgehead atoms. The molecular weight excluding hydrogens is 372 g/mol. The fourth-order valence-corrected chi connectivity index (χ4v) is 4.17. The van der Waals surface area contributed by atoms with E-state index in [1.165, 1.54) is 37.7 Å². The van der Waals surface area contributed by atoms with E-state index < -0.39 is 0 Å². The van der Waals surface area contributed by atoms with Crippen LogP contribution in [0.1, 0.15) is 37.7 Å². The Kier molecular flexibility index (Phi) is 6.40. The van der Waals surface area contributed by atoms with Crippen molar-refractivity contribution in [1.29, 1.82) is 0 Å². The van der Waals surface area contributed by atoms with Crippen LogP contribution >= 0.6 is 11.6 Å². The maximum atomic E-state index is 6.07. The van der Waals surface area contributed by atoms with Crippen LogP contribution in [-0.2, 0) is 6.54 Å². The number of likely N-dealkylation sites (N-methyl/N-ethyl adjacent to an activating group) is 1. The predicted molar refractivity (Wildman–Crippen MR) is 114 cm³/mol. The summed E-state index contributed by atoms with van der Waals surface area (Å²) in [6.07, 6.45) is 9.98. The molecule has 28 heavy (non-hydrogen) atoms. The van der Waals surface area contributed by atoms with Gasteiger partial charge in [0, 0.05) is 51.2 Å². The van der Waals surface area contributed by atoms with Crippen molar-refractivity contribution in [2.75, 3.05) is 38.5 Å². The second kappa shape index (κ2) is 9.16. The van der Waals surface area contributed by atoms with Gasteiger partial charge in [-0.05, 0) is 43.1 Å². The lowest BCUT2D eigenvalue weighted by molar-refractivity contribution is 0.148. The summed E-state index contributed by atoms with van der Waals surface area (Å²) in [5.74, 6) is 0.797. The lowest BCUT2D eigenvalue weighted by Crippen LogP contribution is -2.43. The van der Waals surface area contributed by atoms with Crippen molar-refractivity contribution in [3.63, 3.8) is 0 Å². The molecule has 2 fully saturated rings. The first-order chi connectivity index (χ1) is 13.7. The van der Waals surface area contributed by atoms with Gasteiger partial charge in [-0.3, -0.25) is 9.88 Å². The zero-order valence-electron chi connectivity index (χ0n) is 16.6. The molecule has 0 amide bonds. The topological polar surface area (TPSA) is 57.2 Å². The summed E-state index contributed by atoms with van der Waals surface area (Å²) in [5, 5.41) is 3.86. The highest BCUT2D eigenvalue weighted by atomic mass is 35.5. The Bertz CT molecular complexity index is 767. The molecule has 0 atom stereocenters. The molecule has 2 aromatic rings. The van der Waals surface area contributed by atoms with E-state index in [0.29, 0.717) is 6.04 Å². The molecule has 1 aliphatic carbocycles. The monoisotopic (exact) mass is 400 g/mol.